The van der Waals surface area contributed by atoms with E-state index in [-0.39, 0.29) is 28.9 Å². The van der Waals surface area contributed by atoms with Gasteiger partial charge >= 0.3 is 6.18 Å². The quantitative estimate of drug-likeness (QED) is 0.577. The van der Waals surface area contributed by atoms with E-state index in [1.54, 1.807) is 10.7 Å². The summed E-state index contributed by atoms with van der Waals surface area (Å²) < 4.78 is 40.9. The lowest BCUT2D eigenvalue weighted by Gasteiger charge is -2.26. The predicted molar refractivity (Wildman–Crippen MR) is 108 cm³/mol. The van der Waals surface area contributed by atoms with Crippen molar-refractivity contribution in [3.8, 4) is 6.07 Å². The maximum absolute atomic E-state index is 13.1. The van der Waals surface area contributed by atoms with Crippen molar-refractivity contribution in [2.45, 2.75) is 44.0 Å². The number of aromatic amines is 1. The zero-order valence-corrected chi connectivity index (χ0v) is 16.6. The molecular formula is C21H20F3N5O2. The van der Waals surface area contributed by atoms with E-state index < -0.39 is 11.8 Å². The molecule has 31 heavy (non-hydrogen) atoms. The van der Waals surface area contributed by atoms with Gasteiger partial charge in [-0.1, -0.05) is 12.1 Å². The number of aromatic nitrogens is 3. The summed E-state index contributed by atoms with van der Waals surface area (Å²) in [5.74, 6) is 0.0369. The summed E-state index contributed by atoms with van der Waals surface area (Å²) in [5, 5.41) is 27.1. The summed E-state index contributed by atoms with van der Waals surface area (Å²) in [6.07, 6.45) is -0.895. The van der Waals surface area contributed by atoms with Gasteiger partial charge in [-0.25, -0.2) is 0 Å². The standard InChI is InChI=1S/C21H20F3N5O2/c1-20(31,21(22,23)24)13-5-7-14(8-6-13)27-18-17-16(9-10-26-19(17)30)29(28-18)15-4-2-3-12(15)11-25/h5-10,12,15,31H,2-4H2,1H3,(H,26,30)(H,27,28)/t12?,15-,20?/m0/s1. The number of nitrogens with zero attached hydrogens (tertiary/aromatic N) is 3. The van der Waals surface area contributed by atoms with E-state index in [0.29, 0.717) is 23.5 Å². The van der Waals surface area contributed by atoms with Crippen LogP contribution in [0.5, 0.6) is 0 Å². The fourth-order valence-electron chi connectivity index (χ4n) is 4.00. The number of alkyl halides is 3. The van der Waals surface area contributed by atoms with Crippen LogP contribution in [0, 0.1) is 17.2 Å². The van der Waals surface area contributed by atoms with E-state index in [1.807, 2.05) is 0 Å². The normalized spacial score (nSPS) is 21.0. The fourth-order valence-corrected chi connectivity index (χ4v) is 4.00. The molecule has 1 saturated carbocycles. The molecule has 3 atom stereocenters. The van der Waals surface area contributed by atoms with Gasteiger partial charge in [-0.15, -0.1) is 0 Å². The topological polar surface area (TPSA) is 107 Å². The maximum Gasteiger partial charge on any atom is 0.421 e. The third-order valence-electron chi connectivity index (χ3n) is 5.85. The van der Waals surface area contributed by atoms with Gasteiger partial charge in [0.25, 0.3) is 5.56 Å². The second kappa shape index (κ2) is 7.42. The number of fused-ring (bicyclic) bond motifs is 1. The second-order valence-electron chi connectivity index (χ2n) is 7.87. The molecule has 7 nitrogen and oxygen atoms in total. The number of nitrogens with one attached hydrogen (secondary N) is 2. The molecule has 2 heterocycles. The van der Waals surface area contributed by atoms with E-state index in [4.69, 9.17) is 0 Å². The minimum absolute atomic E-state index is 0.158. The van der Waals surface area contributed by atoms with Gasteiger partial charge in [0, 0.05) is 11.9 Å². The van der Waals surface area contributed by atoms with Crippen molar-refractivity contribution in [1.82, 2.24) is 14.8 Å². The molecule has 162 valence electrons. The lowest BCUT2D eigenvalue weighted by molar-refractivity contribution is -0.258. The molecule has 1 fully saturated rings. The number of anilines is 2. The Morgan fingerprint density at radius 2 is 1.97 bits per heavy atom. The minimum Gasteiger partial charge on any atom is -0.376 e. The molecule has 0 bridgehead atoms. The first-order valence-corrected chi connectivity index (χ1v) is 9.79. The molecule has 3 N–H and O–H groups in total. The summed E-state index contributed by atoms with van der Waals surface area (Å²) in [6.45, 7) is 0.692. The van der Waals surface area contributed by atoms with Gasteiger partial charge in [0.2, 0.25) is 0 Å². The molecule has 1 aliphatic rings. The highest BCUT2D eigenvalue weighted by molar-refractivity contribution is 5.91. The Labute approximate surface area is 175 Å². The van der Waals surface area contributed by atoms with Gasteiger partial charge in [-0.2, -0.15) is 23.5 Å². The molecule has 3 aromatic rings. The number of aliphatic hydroxyl groups is 1. The molecule has 10 heteroatoms. The van der Waals surface area contributed by atoms with Gasteiger partial charge < -0.3 is 15.4 Å². The molecule has 1 aromatic carbocycles. The van der Waals surface area contributed by atoms with Crippen LogP contribution in [0.15, 0.2) is 41.3 Å². The second-order valence-corrected chi connectivity index (χ2v) is 7.87. The summed E-state index contributed by atoms with van der Waals surface area (Å²) in [5.41, 5.74) is -2.67. The Kier molecular flexibility index (Phi) is 5.01. The van der Waals surface area contributed by atoms with E-state index in [0.717, 1.165) is 19.3 Å². The maximum atomic E-state index is 13.1. The summed E-state index contributed by atoms with van der Waals surface area (Å²) in [6, 6.07) is 8.95. The SMILES string of the molecule is CC(O)(c1ccc(Nc2nn([C@H]3CCCC3C#N)c3cc[nH]c(=O)c23)cc1)C(F)(F)F. The molecule has 0 amide bonds. The molecule has 0 aliphatic heterocycles. The van der Waals surface area contributed by atoms with Crippen molar-refractivity contribution < 1.29 is 18.3 Å². The van der Waals surface area contributed by atoms with Gasteiger partial charge in [0.05, 0.1) is 23.5 Å². The number of H-pyrrole nitrogens is 1. The first kappa shape index (κ1) is 20.9. The monoisotopic (exact) mass is 431 g/mol. The first-order chi connectivity index (χ1) is 14.6. The van der Waals surface area contributed by atoms with Crippen LogP contribution in [-0.2, 0) is 5.60 Å². The van der Waals surface area contributed by atoms with Crippen LogP contribution in [0.1, 0.15) is 37.8 Å². The Morgan fingerprint density at radius 1 is 1.26 bits per heavy atom. The lowest BCUT2D eigenvalue weighted by Crippen LogP contribution is -2.39. The number of rotatable bonds is 4. The summed E-state index contributed by atoms with van der Waals surface area (Å²) in [4.78, 5) is 15.1. The molecule has 2 aromatic heterocycles. The van der Waals surface area contributed by atoms with Crippen LogP contribution in [0.3, 0.4) is 0 Å². The fraction of sp³-hybridized carbons (Fsp3) is 0.381. The van der Waals surface area contributed by atoms with Gasteiger partial charge in [0.1, 0.15) is 5.39 Å². The number of hydrogen-bond donors (Lipinski definition) is 3. The lowest BCUT2D eigenvalue weighted by atomic mass is 9.95. The Bertz CT molecular complexity index is 1200. The number of benzene rings is 1. The number of nitriles is 1. The van der Waals surface area contributed by atoms with Crippen LogP contribution in [0.2, 0.25) is 0 Å². The van der Waals surface area contributed by atoms with Crippen LogP contribution in [0.25, 0.3) is 10.9 Å². The van der Waals surface area contributed by atoms with Gasteiger partial charge in [-0.3, -0.25) is 9.48 Å². The smallest absolute Gasteiger partial charge is 0.376 e. The highest BCUT2D eigenvalue weighted by atomic mass is 19.4. The molecule has 1 aliphatic carbocycles. The van der Waals surface area contributed by atoms with Crippen LogP contribution in [0.4, 0.5) is 24.7 Å². The Morgan fingerprint density at radius 3 is 2.61 bits per heavy atom. The Hall–Kier alpha value is -3.32. The van der Waals surface area contributed by atoms with Crippen molar-refractivity contribution >= 4 is 22.4 Å². The zero-order chi connectivity index (χ0) is 22.4. The molecular weight excluding hydrogens is 411 g/mol. The number of pyridine rings is 1. The molecule has 0 spiro atoms. The third kappa shape index (κ3) is 3.55. The van der Waals surface area contributed by atoms with E-state index in [9.17, 15) is 28.3 Å². The average molecular weight is 431 g/mol. The van der Waals surface area contributed by atoms with Crippen LogP contribution < -0.4 is 10.9 Å². The number of halogens is 3. The molecule has 0 radical (unpaired) electrons. The molecule has 0 saturated heterocycles. The van der Waals surface area contributed by atoms with Crippen molar-refractivity contribution in [2.75, 3.05) is 5.32 Å². The first-order valence-electron chi connectivity index (χ1n) is 9.79. The third-order valence-corrected chi connectivity index (χ3v) is 5.85. The summed E-state index contributed by atoms with van der Waals surface area (Å²) >= 11 is 0. The zero-order valence-electron chi connectivity index (χ0n) is 16.6. The van der Waals surface area contributed by atoms with Crippen molar-refractivity contribution in [3.63, 3.8) is 0 Å². The van der Waals surface area contributed by atoms with E-state index in [1.165, 1.54) is 30.5 Å². The van der Waals surface area contributed by atoms with Gasteiger partial charge in [0.15, 0.2) is 11.4 Å². The van der Waals surface area contributed by atoms with E-state index >= 15 is 0 Å². The highest BCUT2D eigenvalue weighted by Crippen LogP contribution is 2.40. The van der Waals surface area contributed by atoms with Crippen molar-refractivity contribution in [2.24, 2.45) is 5.92 Å². The summed E-state index contributed by atoms with van der Waals surface area (Å²) in [7, 11) is 0. The molecule has 2 unspecified atom stereocenters. The van der Waals surface area contributed by atoms with Crippen molar-refractivity contribution in [1.29, 1.82) is 5.26 Å². The highest BCUT2D eigenvalue weighted by Gasteiger charge is 2.51. The average Bonchev–Trinajstić information content (AvgIpc) is 3.32. The predicted octanol–water partition coefficient (Wildman–Crippen LogP) is 4.10. The van der Waals surface area contributed by atoms with Crippen LogP contribution in [-0.4, -0.2) is 26.0 Å². The largest absolute Gasteiger partial charge is 0.421 e. The Balaban J connectivity index is 1.71. The van der Waals surface area contributed by atoms with Crippen molar-refractivity contribution in [3.05, 3.63) is 52.4 Å². The van der Waals surface area contributed by atoms with Crippen LogP contribution >= 0.6 is 0 Å². The van der Waals surface area contributed by atoms with E-state index in [2.05, 4.69) is 21.5 Å². The minimum atomic E-state index is -4.82. The molecule has 4 rings (SSSR count). The number of hydrogen-bond acceptors (Lipinski definition) is 5. The van der Waals surface area contributed by atoms with Gasteiger partial charge in [-0.05, 0) is 49.9 Å².